The number of hydrogen-bond acceptors (Lipinski definition) is 3. The van der Waals surface area contributed by atoms with Crippen molar-refractivity contribution >= 4 is 23.2 Å². The molecule has 5 nitrogen and oxygen atoms in total. The fourth-order valence-corrected chi connectivity index (χ4v) is 1.07. The second-order valence-corrected chi connectivity index (χ2v) is 2.68. The van der Waals surface area contributed by atoms with Gasteiger partial charge in [-0.05, 0) is 17.1 Å². The average molecular weight is 215 g/mol. The fourth-order valence-electron chi connectivity index (χ4n) is 0.955. The molecule has 0 atom stereocenters. The molecule has 0 aliphatic heterocycles. The quantitative estimate of drug-likeness (QED) is 0.435. The van der Waals surface area contributed by atoms with Gasteiger partial charge in [0, 0.05) is 0 Å². The number of amides is 1. The number of para-hydroxylation sites is 1. The number of hydrogen-bond donors (Lipinski definition) is 0. The zero-order chi connectivity index (χ0) is 10.6. The van der Waals surface area contributed by atoms with Crippen LogP contribution in [0.2, 0.25) is 0 Å². The van der Waals surface area contributed by atoms with Gasteiger partial charge in [-0.1, -0.05) is 18.2 Å². The van der Waals surface area contributed by atoms with Gasteiger partial charge < -0.3 is 0 Å². The molecule has 0 N–H and O–H groups in total. The Balaban J connectivity index is 3.01. The van der Waals surface area contributed by atoms with E-state index < -0.39 is 16.8 Å². The number of hydrazine groups is 1. The largest absolute Gasteiger partial charge is 0.304 e. The minimum absolute atomic E-state index is 0.197. The molecule has 1 amide bonds. The molecule has 0 fully saturated rings. The lowest BCUT2D eigenvalue weighted by molar-refractivity contribution is -0.483. The number of rotatable bonds is 3. The molecule has 0 spiro atoms. The number of nitro groups is 1. The number of benzene rings is 1. The Morgan fingerprint density at radius 3 is 2.43 bits per heavy atom. The first-order valence-corrected chi connectivity index (χ1v) is 4.28. The van der Waals surface area contributed by atoms with Crippen molar-refractivity contribution in [1.29, 1.82) is 0 Å². The van der Waals surface area contributed by atoms with Gasteiger partial charge in [-0.2, -0.15) is 0 Å². The summed E-state index contributed by atoms with van der Waals surface area (Å²) in [7, 11) is 0. The van der Waals surface area contributed by atoms with Crippen LogP contribution in [-0.4, -0.2) is 16.8 Å². The Morgan fingerprint density at radius 2 is 2.00 bits per heavy atom. The van der Waals surface area contributed by atoms with Gasteiger partial charge in [-0.15, -0.1) is 11.6 Å². The highest BCUT2D eigenvalue weighted by Crippen LogP contribution is 2.13. The van der Waals surface area contributed by atoms with Gasteiger partial charge in [0.1, 0.15) is 11.6 Å². The van der Waals surface area contributed by atoms with Crippen LogP contribution in [0, 0.1) is 10.1 Å². The maximum atomic E-state index is 11.1. The molecule has 14 heavy (non-hydrogen) atoms. The standard InChI is InChI=1S/C8H7ClN2O3/c9-6-8(12)10(11(13)14)7-4-2-1-3-5-7/h1-5H,6H2. The maximum Gasteiger partial charge on any atom is 0.304 e. The molecule has 6 heteroatoms. The van der Waals surface area contributed by atoms with E-state index in [1.807, 2.05) is 0 Å². The van der Waals surface area contributed by atoms with Crippen LogP contribution in [0.15, 0.2) is 30.3 Å². The molecule has 0 aliphatic carbocycles. The SMILES string of the molecule is O=C(CCl)N(c1ccccc1)[N+](=O)[O-]. The monoisotopic (exact) mass is 214 g/mol. The summed E-state index contributed by atoms with van der Waals surface area (Å²) in [6.45, 7) is 0. The van der Waals surface area contributed by atoms with Crippen molar-refractivity contribution in [3.63, 3.8) is 0 Å². The second kappa shape index (κ2) is 4.57. The van der Waals surface area contributed by atoms with Crippen LogP contribution >= 0.6 is 11.6 Å². The highest BCUT2D eigenvalue weighted by atomic mass is 35.5. The summed E-state index contributed by atoms with van der Waals surface area (Å²) in [6, 6.07) is 7.84. The van der Waals surface area contributed by atoms with E-state index in [1.165, 1.54) is 12.1 Å². The molecule has 0 bridgehead atoms. The van der Waals surface area contributed by atoms with Crippen LogP contribution < -0.4 is 5.01 Å². The molecule has 0 radical (unpaired) electrons. The van der Waals surface area contributed by atoms with Gasteiger partial charge in [-0.25, -0.2) is 10.1 Å². The number of carbonyl (C=O) groups excluding carboxylic acids is 1. The Labute approximate surface area is 85.0 Å². The van der Waals surface area contributed by atoms with Gasteiger partial charge in [0.15, 0.2) is 5.03 Å². The Bertz CT molecular complexity index is 342. The van der Waals surface area contributed by atoms with E-state index in [4.69, 9.17) is 11.6 Å². The summed E-state index contributed by atoms with van der Waals surface area (Å²) in [5.74, 6) is -1.18. The summed E-state index contributed by atoms with van der Waals surface area (Å²) in [5, 5.41) is 10.2. The van der Waals surface area contributed by atoms with Crippen molar-refractivity contribution in [3.05, 3.63) is 40.4 Å². The zero-order valence-corrected chi connectivity index (χ0v) is 7.85. The predicted molar refractivity (Wildman–Crippen MR) is 51.6 cm³/mol. The second-order valence-electron chi connectivity index (χ2n) is 2.41. The van der Waals surface area contributed by atoms with Crippen LogP contribution in [0.3, 0.4) is 0 Å². The van der Waals surface area contributed by atoms with Crippen LogP contribution in [0.5, 0.6) is 0 Å². The van der Waals surface area contributed by atoms with Gasteiger partial charge in [0.25, 0.3) is 0 Å². The summed E-state index contributed by atoms with van der Waals surface area (Å²) in [4.78, 5) is 21.7. The molecular formula is C8H7ClN2O3. The van der Waals surface area contributed by atoms with E-state index >= 15 is 0 Å². The minimum atomic E-state index is -0.792. The zero-order valence-electron chi connectivity index (χ0n) is 7.09. The lowest BCUT2D eigenvalue weighted by atomic mass is 10.3. The van der Waals surface area contributed by atoms with Crippen LogP contribution in [0.1, 0.15) is 0 Å². The van der Waals surface area contributed by atoms with E-state index in [9.17, 15) is 14.9 Å². The molecule has 1 aromatic carbocycles. The van der Waals surface area contributed by atoms with Gasteiger partial charge in [-0.3, -0.25) is 4.79 Å². The van der Waals surface area contributed by atoms with Crippen LogP contribution in [-0.2, 0) is 4.79 Å². The lowest BCUT2D eigenvalue weighted by Crippen LogP contribution is -2.37. The summed E-state index contributed by atoms with van der Waals surface area (Å²) in [5.41, 5.74) is 0.197. The highest BCUT2D eigenvalue weighted by molar-refractivity contribution is 6.29. The molecule has 0 aliphatic rings. The smallest absolute Gasteiger partial charge is 0.267 e. The maximum absolute atomic E-state index is 11.1. The van der Waals surface area contributed by atoms with Crippen molar-refractivity contribution in [2.75, 3.05) is 10.9 Å². The Kier molecular flexibility index (Phi) is 3.41. The summed E-state index contributed by atoms with van der Waals surface area (Å²) < 4.78 is 0. The van der Waals surface area contributed by atoms with E-state index in [1.54, 1.807) is 18.2 Å². The molecule has 0 saturated carbocycles. The number of anilines is 1. The average Bonchev–Trinajstić information content (AvgIpc) is 2.19. The third-order valence-electron chi connectivity index (χ3n) is 1.51. The van der Waals surface area contributed by atoms with Gasteiger partial charge in [0.2, 0.25) is 0 Å². The minimum Gasteiger partial charge on any atom is -0.267 e. The van der Waals surface area contributed by atoms with E-state index in [0.29, 0.717) is 5.01 Å². The van der Waals surface area contributed by atoms with Crippen molar-refractivity contribution in [2.45, 2.75) is 0 Å². The molecule has 74 valence electrons. The highest BCUT2D eigenvalue weighted by Gasteiger charge is 2.24. The van der Waals surface area contributed by atoms with Crippen molar-refractivity contribution in [1.82, 2.24) is 0 Å². The topological polar surface area (TPSA) is 63.5 Å². The molecule has 0 saturated heterocycles. The molecule has 0 aromatic heterocycles. The van der Waals surface area contributed by atoms with Gasteiger partial charge >= 0.3 is 5.91 Å². The molecule has 0 unspecified atom stereocenters. The Hall–Kier alpha value is -1.62. The fraction of sp³-hybridized carbons (Fsp3) is 0.125. The normalized spacial score (nSPS) is 9.50. The summed E-state index contributed by atoms with van der Waals surface area (Å²) >= 11 is 5.25. The van der Waals surface area contributed by atoms with E-state index in [0.717, 1.165) is 0 Å². The van der Waals surface area contributed by atoms with Crippen LogP contribution in [0.4, 0.5) is 5.69 Å². The molecule has 0 heterocycles. The third kappa shape index (κ3) is 2.20. The van der Waals surface area contributed by atoms with E-state index in [-0.39, 0.29) is 5.69 Å². The molecule has 1 aromatic rings. The molecular weight excluding hydrogens is 208 g/mol. The van der Waals surface area contributed by atoms with Gasteiger partial charge in [0.05, 0.1) is 0 Å². The van der Waals surface area contributed by atoms with Crippen molar-refractivity contribution in [2.24, 2.45) is 0 Å². The Morgan fingerprint density at radius 1 is 1.43 bits per heavy atom. The molecule has 1 rings (SSSR count). The van der Waals surface area contributed by atoms with Crippen LogP contribution in [0.25, 0.3) is 0 Å². The lowest BCUT2D eigenvalue weighted by Gasteiger charge is -2.09. The number of carbonyl (C=O) groups is 1. The van der Waals surface area contributed by atoms with Crippen molar-refractivity contribution < 1.29 is 9.83 Å². The van der Waals surface area contributed by atoms with Crippen molar-refractivity contribution in [3.8, 4) is 0 Å². The number of halogens is 1. The first-order valence-electron chi connectivity index (χ1n) is 3.75. The first kappa shape index (κ1) is 10.5. The van der Waals surface area contributed by atoms with E-state index in [2.05, 4.69) is 0 Å². The summed E-state index contributed by atoms with van der Waals surface area (Å²) in [6.07, 6.45) is 0. The first-order chi connectivity index (χ1) is 6.66. The predicted octanol–water partition coefficient (Wildman–Crippen LogP) is 1.45. The number of nitrogens with zero attached hydrogens (tertiary/aromatic N) is 2. The number of alkyl halides is 1. The third-order valence-corrected chi connectivity index (χ3v) is 1.74.